The maximum atomic E-state index is 12.3. The zero-order valence-electron chi connectivity index (χ0n) is 7.69. The molecule has 17 heavy (non-hydrogen) atoms. The monoisotopic (exact) mass is 288 g/mol. The van der Waals surface area contributed by atoms with Gasteiger partial charge in [-0.3, -0.25) is 4.79 Å². The van der Waals surface area contributed by atoms with E-state index >= 15 is 0 Å². The van der Waals surface area contributed by atoms with Crippen LogP contribution in [-0.4, -0.2) is 18.3 Å². The van der Waals surface area contributed by atoms with Crippen molar-refractivity contribution in [3.8, 4) is 0 Å². The minimum Gasteiger partial charge on any atom is -0.358 e. The van der Waals surface area contributed by atoms with Crippen LogP contribution in [0.5, 0.6) is 0 Å². The molecule has 0 radical (unpaired) electrons. The summed E-state index contributed by atoms with van der Waals surface area (Å²) in [6.45, 7) is 0. The summed E-state index contributed by atoms with van der Waals surface area (Å²) >= 11 is 0. The first-order valence-corrected chi connectivity index (χ1v) is 6.10. The van der Waals surface area contributed by atoms with Gasteiger partial charge in [0.2, 0.25) is 10.3 Å². The fourth-order valence-corrected chi connectivity index (χ4v) is 2.17. The Morgan fingerprint density at radius 3 is 2.35 bits per heavy atom. The number of H-pyrrole nitrogens is 1. The van der Waals surface area contributed by atoms with Gasteiger partial charge in [0, 0.05) is 10.7 Å². The number of nitrogens with one attached hydrogen (secondary N) is 1. The van der Waals surface area contributed by atoms with E-state index in [0.717, 1.165) is 0 Å². The van der Waals surface area contributed by atoms with E-state index in [1.54, 1.807) is 4.98 Å². The summed E-state index contributed by atoms with van der Waals surface area (Å²) in [4.78, 5) is 20.7. The quantitative estimate of drug-likeness (QED) is 0.509. The molecule has 0 aliphatic heterocycles. The van der Waals surface area contributed by atoms with Crippen molar-refractivity contribution in [2.24, 2.45) is 0 Å². The SMILES string of the molecule is O=c1c(C(F)F)c[nH]c([N+](=O)[O-])c1S(=O)(=O)Cl. The minimum absolute atomic E-state index is 0.372. The van der Waals surface area contributed by atoms with Crippen molar-refractivity contribution in [2.45, 2.75) is 11.3 Å². The highest BCUT2D eigenvalue weighted by atomic mass is 35.7. The van der Waals surface area contributed by atoms with Crippen LogP contribution in [0.2, 0.25) is 0 Å². The maximum Gasteiger partial charge on any atom is 0.344 e. The topological polar surface area (TPSA) is 110 Å². The molecule has 0 amide bonds. The van der Waals surface area contributed by atoms with Crippen LogP contribution in [0, 0.1) is 10.1 Å². The van der Waals surface area contributed by atoms with Crippen molar-refractivity contribution in [3.05, 3.63) is 32.1 Å². The third kappa shape index (κ3) is 2.58. The van der Waals surface area contributed by atoms with Gasteiger partial charge in [0.15, 0.2) is 0 Å². The number of alkyl halides is 2. The van der Waals surface area contributed by atoms with Gasteiger partial charge >= 0.3 is 5.82 Å². The normalized spacial score (nSPS) is 11.8. The zero-order chi connectivity index (χ0) is 13.4. The number of aromatic nitrogens is 1. The highest BCUT2D eigenvalue weighted by Crippen LogP contribution is 2.24. The number of halogens is 3. The molecule has 0 aliphatic carbocycles. The number of hydrogen-bond acceptors (Lipinski definition) is 5. The number of aromatic amines is 1. The molecule has 1 aromatic rings. The van der Waals surface area contributed by atoms with Crippen LogP contribution in [0.1, 0.15) is 12.0 Å². The van der Waals surface area contributed by atoms with E-state index in [4.69, 9.17) is 10.7 Å². The number of rotatable bonds is 3. The Labute approximate surface area is 96.6 Å². The predicted molar refractivity (Wildman–Crippen MR) is 51.7 cm³/mol. The van der Waals surface area contributed by atoms with Gasteiger partial charge in [-0.2, -0.15) is 0 Å². The Bertz CT molecular complexity index is 626. The van der Waals surface area contributed by atoms with E-state index in [-0.39, 0.29) is 0 Å². The summed E-state index contributed by atoms with van der Waals surface area (Å²) < 4.78 is 46.5. The molecule has 0 atom stereocenters. The maximum absolute atomic E-state index is 12.3. The second-order valence-corrected chi connectivity index (χ2v) is 5.25. The molecule has 0 fully saturated rings. The Balaban J connectivity index is 3.79. The largest absolute Gasteiger partial charge is 0.358 e. The fraction of sp³-hybridized carbons (Fsp3) is 0.167. The first-order chi connectivity index (χ1) is 7.66. The van der Waals surface area contributed by atoms with Crippen LogP contribution < -0.4 is 5.43 Å². The van der Waals surface area contributed by atoms with Gasteiger partial charge < -0.3 is 10.1 Å². The highest BCUT2D eigenvalue weighted by Gasteiger charge is 2.31. The molecule has 0 aliphatic rings. The highest BCUT2D eigenvalue weighted by molar-refractivity contribution is 8.13. The third-order valence-corrected chi connectivity index (χ3v) is 3.04. The number of nitrogens with zero attached hydrogens (tertiary/aromatic N) is 1. The summed E-state index contributed by atoms with van der Waals surface area (Å²) in [6, 6.07) is 0. The molecule has 0 saturated heterocycles. The molecule has 1 heterocycles. The number of pyridine rings is 1. The van der Waals surface area contributed by atoms with E-state index in [1.165, 1.54) is 0 Å². The average molecular weight is 289 g/mol. The van der Waals surface area contributed by atoms with E-state index in [2.05, 4.69) is 0 Å². The molecule has 0 unspecified atom stereocenters. The second-order valence-electron chi connectivity index (χ2n) is 2.75. The lowest BCUT2D eigenvalue weighted by atomic mass is 10.3. The lowest BCUT2D eigenvalue weighted by molar-refractivity contribution is -0.392. The molecule has 11 heteroatoms. The Morgan fingerprint density at radius 1 is 1.47 bits per heavy atom. The van der Waals surface area contributed by atoms with Gasteiger partial charge in [-0.15, -0.1) is 0 Å². The Morgan fingerprint density at radius 2 is 2.00 bits per heavy atom. The lowest BCUT2D eigenvalue weighted by Crippen LogP contribution is -2.19. The van der Waals surface area contributed by atoms with E-state index < -0.39 is 42.1 Å². The standard InChI is InChI=1S/C6H3ClF2N2O5S/c7-17(15,16)4-3(12)2(5(8)9)1-10-6(4)11(13)14/h1,5H,(H,10,12). The molecule has 0 bridgehead atoms. The van der Waals surface area contributed by atoms with E-state index in [9.17, 15) is 32.1 Å². The van der Waals surface area contributed by atoms with Crippen LogP contribution in [-0.2, 0) is 9.05 Å². The van der Waals surface area contributed by atoms with Gasteiger partial charge in [0.25, 0.3) is 15.5 Å². The third-order valence-electron chi connectivity index (χ3n) is 1.71. The number of hydrogen-bond donors (Lipinski definition) is 1. The lowest BCUT2D eigenvalue weighted by Gasteiger charge is -2.02. The van der Waals surface area contributed by atoms with Gasteiger partial charge in [0.05, 0.1) is 0 Å². The van der Waals surface area contributed by atoms with Crippen LogP contribution in [0.3, 0.4) is 0 Å². The van der Waals surface area contributed by atoms with Crippen molar-refractivity contribution < 1.29 is 22.1 Å². The van der Waals surface area contributed by atoms with Crippen molar-refractivity contribution in [3.63, 3.8) is 0 Å². The molecular weight excluding hydrogens is 286 g/mol. The van der Waals surface area contributed by atoms with Crippen molar-refractivity contribution in [1.29, 1.82) is 0 Å². The molecule has 0 aromatic carbocycles. The van der Waals surface area contributed by atoms with Crippen LogP contribution >= 0.6 is 10.7 Å². The van der Waals surface area contributed by atoms with Gasteiger partial charge in [-0.1, -0.05) is 0 Å². The second kappa shape index (κ2) is 4.37. The molecular formula is C6H3ClF2N2O5S. The van der Waals surface area contributed by atoms with Crippen molar-refractivity contribution in [1.82, 2.24) is 4.98 Å². The molecule has 0 spiro atoms. The first kappa shape index (κ1) is 13.5. The fourth-order valence-electron chi connectivity index (χ4n) is 1.04. The van der Waals surface area contributed by atoms with Crippen LogP contribution in [0.4, 0.5) is 14.6 Å². The zero-order valence-corrected chi connectivity index (χ0v) is 9.26. The minimum atomic E-state index is -4.81. The molecule has 1 N–H and O–H groups in total. The average Bonchev–Trinajstić information content (AvgIpc) is 2.14. The first-order valence-electron chi connectivity index (χ1n) is 3.79. The molecule has 1 aromatic heterocycles. The summed E-state index contributed by atoms with van der Waals surface area (Å²) in [6.07, 6.45) is -2.91. The molecule has 7 nitrogen and oxygen atoms in total. The summed E-state index contributed by atoms with van der Waals surface area (Å²) in [5.74, 6) is -1.26. The van der Waals surface area contributed by atoms with Gasteiger partial charge in [0.1, 0.15) is 11.8 Å². The molecule has 94 valence electrons. The Hall–Kier alpha value is -1.55. The smallest absolute Gasteiger partial charge is 0.344 e. The van der Waals surface area contributed by atoms with Crippen molar-refractivity contribution >= 4 is 25.6 Å². The summed E-state index contributed by atoms with van der Waals surface area (Å²) in [5, 5.41) is 10.4. The number of nitro groups is 1. The summed E-state index contributed by atoms with van der Waals surface area (Å²) in [5.41, 5.74) is -2.91. The van der Waals surface area contributed by atoms with Gasteiger partial charge in [-0.05, 0) is 4.92 Å². The van der Waals surface area contributed by atoms with Crippen LogP contribution in [0.15, 0.2) is 15.9 Å². The van der Waals surface area contributed by atoms with Crippen molar-refractivity contribution in [2.75, 3.05) is 0 Å². The molecule has 0 saturated carbocycles. The van der Waals surface area contributed by atoms with Gasteiger partial charge in [-0.25, -0.2) is 22.2 Å². The predicted octanol–water partition coefficient (Wildman–Crippen LogP) is 1.15. The summed E-state index contributed by atoms with van der Waals surface area (Å²) in [7, 11) is -0.0191. The van der Waals surface area contributed by atoms with E-state index in [0.29, 0.717) is 6.20 Å². The van der Waals surface area contributed by atoms with E-state index in [1.807, 2.05) is 0 Å². The van der Waals surface area contributed by atoms with Crippen LogP contribution in [0.25, 0.3) is 0 Å². The molecule has 1 rings (SSSR count). The Kier molecular flexibility index (Phi) is 3.48.